The summed E-state index contributed by atoms with van der Waals surface area (Å²) >= 11 is 1.45. The first kappa shape index (κ1) is 16.6. The fourth-order valence-corrected chi connectivity index (χ4v) is 3.35. The lowest BCUT2D eigenvalue weighted by Gasteiger charge is -2.15. The molecular weight excluding hydrogens is 318 g/mol. The summed E-state index contributed by atoms with van der Waals surface area (Å²) < 4.78 is 0. The number of carbonyl (C=O) groups excluding carboxylic acids is 1. The van der Waals surface area contributed by atoms with Gasteiger partial charge >= 0.3 is 0 Å². The van der Waals surface area contributed by atoms with Crippen LogP contribution in [-0.2, 0) is 4.79 Å². The van der Waals surface area contributed by atoms with Gasteiger partial charge in [-0.25, -0.2) is 4.98 Å². The second kappa shape index (κ2) is 7.53. The molecule has 0 aliphatic rings. The van der Waals surface area contributed by atoms with Crippen LogP contribution in [0.3, 0.4) is 0 Å². The number of rotatable bonds is 6. The Morgan fingerprint density at radius 1 is 1.12 bits per heavy atom. The minimum Gasteiger partial charge on any atom is -0.355 e. The molecule has 1 amide bonds. The van der Waals surface area contributed by atoms with Crippen molar-refractivity contribution >= 4 is 28.7 Å². The molecule has 24 heavy (non-hydrogen) atoms. The second-order valence-electron chi connectivity index (χ2n) is 5.88. The standard InChI is InChI=1S/C19H21N3OS/c1-13(15-8-4-3-5-9-15)12-20-18(23)14(2)24-19-21-16-10-6-7-11-17(16)22-19/h3-11,13-14H,12H2,1-2H3,(H,20,23)(H,21,22)/t13-,14+/m1/s1. The first-order valence-corrected chi connectivity index (χ1v) is 8.95. The van der Waals surface area contributed by atoms with E-state index in [1.807, 2.05) is 49.4 Å². The summed E-state index contributed by atoms with van der Waals surface area (Å²) in [5.74, 6) is 0.321. The highest BCUT2D eigenvalue weighted by molar-refractivity contribution is 8.00. The topological polar surface area (TPSA) is 57.8 Å². The molecule has 5 heteroatoms. The Labute approximate surface area is 146 Å². The number of amides is 1. The predicted octanol–water partition coefficient (Wildman–Crippen LogP) is 3.96. The van der Waals surface area contributed by atoms with Gasteiger partial charge in [-0.05, 0) is 30.5 Å². The van der Waals surface area contributed by atoms with Gasteiger partial charge in [-0.1, -0.05) is 61.2 Å². The van der Waals surface area contributed by atoms with E-state index in [9.17, 15) is 4.79 Å². The van der Waals surface area contributed by atoms with E-state index in [0.29, 0.717) is 12.5 Å². The molecule has 0 aliphatic carbocycles. The Morgan fingerprint density at radius 3 is 2.58 bits per heavy atom. The highest BCUT2D eigenvalue weighted by Crippen LogP contribution is 2.23. The Morgan fingerprint density at radius 2 is 1.83 bits per heavy atom. The number of aromatic amines is 1. The first-order chi connectivity index (χ1) is 11.6. The van der Waals surface area contributed by atoms with Crippen molar-refractivity contribution in [1.29, 1.82) is 0 Å². The number of carbonyl (C=O) groups is 1. The average Bonchev–Trinajstić information content (AvgIpc) is 3.02. The van der Waals surface area contributed by atoms with Crippen molar-refractivity contribution in [2.75, 3.05) is 6.54 Å². The molecule has 0 bridgehead atoms. The minimum absolute atomic E-state index is 0.0308. The van der Waals surface area contributed by atoms with Crippen LogP contribution in [0, 0.1) is 0 Å². The summed E-state index contributed by atoms with van der Waals surface area (Å²) in [7, 11) is 0. The fourth-order valence-electron chi connectivity index (χ4n) is 2.50. The zero-order valence-electron chi connectivity index (χ0n) is 13.8. The molecule has 0 aliphatic heterocycles. The Bertz CT molecular complexity index is 783. The number of imidazole rings is 1. The maximum absolute atomic E-state index is 12.3. The van der Waals surface area contributed by atoms with Gasteiger partial charge in [0.2, 0.25) is 5.91 Å². The normalized spacial score (nSPS) is 13.6. The van der Waals surface area contributed by atoms with Gasteiger partial charge in [-0.2, -0.15) is 0 Å². The largest absolute Gasteiger partial charge is 0.355 e. The van der Waals surface area contributed by atoms with E-state index in [-0.39, 0.29) is 11.2 Å². The van der Waals surface area contributed by atoms with Crippen LogP contribution in [-0.4, -0.2) is 27.7 Å². The van der Waals surface area contributed by atoms with Gasteiger partial charge in [0.25, 0.3) is 0 Å². The van der Waals surface area contributed by atoms with Crippen molar-refractivity contribution in [1.82, 2.24) is 15.3 Å². The molecular formula is C19H21N3OS. The van der Waals surface area contributed by atoms with Crippen LogP contribution < -0.4 is 5.32 Å². The van der Waals surface area contributed by atoms with Gasteiger partial charge < -0.3 is 10.3 Å². The summed E-state index contributed by atoms with van der Waals surface area (Å²) in [5.41, 5.74) is 3.14. The third-order valence-corrected chi connectivity index (χ3v) is 4.96. The molecule has 0 saturated carbocycles. The number of fused-ring (bicyclic) bond motifs is 1. The number of hydrogen-bond donors (Lipinski definition) is 2. The highest BCUT2D eigenvalue weighted by atomic mass is 32.2. The van der Waals surface area contributed by atoms with Gasteiger partial charge in [0.1, 0.15) is 0 Å². The molecule has 0 spiro atoms. The number of nitrogens with zero attached hydrogens (tertiary/aromatic N) is 1. The van der Waals surface area contributed by atoms with E-state index in [1.54, 1.807) is 0 Å². The lowest BCUT2D eigenvalue weighted by atomic mass is 10.0. The van der Waals surface area contributed by atoms with Gasteiger partial charge in [-0.3, -0.25) is 4.79 Å². The summed E-state index contributed by atoms with van der Waals surface area (Å²) in [6.07, 6.45) is 0. The van der Waals surface area contributed by atoms with Crippen molar-refractivity contribution in [3.8, 4) is 0 Å². The van der Waals surface area contributed by atoms with Crippen LogP contribution in [0.25, 0.3) is 11.0 Å². The number of thioether (sulfide) groups is 1. The monoisotopic (exact) mass is 339 g/mol. The number of aromatic nitrogens is 2. The molecule has 2 N–H and O–H groups in total. The summed E-state index contributed by atoms with van der Waals surface area (Å²) in [6, 6.07) is 18.1. The highest BCUT2D eigenvalue weighted by Gasteiger charge is 2.17. The number of nitrogens with one attached hydrogen (secondary N) is 2. The molecule has 0 fully saturated rings. The van der Waals surface area contributed by atoms with E-state index in [4.69, 9.17) is 0 Å². The van der Waals surface area contributed by atoms with Crippen LogP contribution in [0.15, 0.2) is 59.8 Å². The van der Waals surface area contributed by atoms with Crippen molar-refractivity contribution in [2.24, 2.45) is 0 Å². The third kappa shape index (κ3) is 3.97. The first-order valence-electron chi connectivity index (χ1n) is 8.07. The quantitative estimate of drug-likeness (QED) is 0.668. The molecule has 0 unspecified atom stereocenters. The summed E-state index contributed by atoms with van der Waals surface area (Å²) in [6.45, 7) is 4.65. The molecule has 3 rings (SSSR count). The summed E-state index contributed by atoms with van der Waals surface area (Å²) in [5, 5.41) is 3.61. The van der Waals surface area contributed by atoms with E-state index < -0.39 is 0 Å². The molecule has 2 aromatic carbocycles. The van der Waals surface area contributed by atoms with Crippen LogP contribution in [0.5, 0.6) is 0 Å². The number of hydrogen-bond acceptors (Lipinski definition) is 3. The molecule has 2 atom stereocenters. The van der Waals surface area contributed by atoms with Gasteiger partial charge in [0.05, 0.1) is 16.3 Å². The zero-order valence-corrected chi connectivity index (χ0v) is 14.6. The minimum atomic E-state index is -0.200. The molecule has 1 heterocycles. The molecule has 1 aromatic heterocycles. The third-order valence-electron chi connectivity index (χ3n) is 3.98. The predicted molar refractivity (Wildman–Crippen MR) is 99.3 cm³/mol. The van der Waals surface area contributed by atoms with Crippen molar-refractivity contribution in [3.05, 3.63) is 60.2 Å². The van der Waals surface area contributed by atoms with Gasteiger partial charge in [-0.15, -0.1) is 0 Å². The molecule has 4 nitrogen and oxygen atoms in total. The number of para-hydroxylation sites is 2. The Kier molecular flexibility index (Phi) is 5.20. The van der Waals surface area contributed by atoms with Gasteiger partial charge in [0.15, 0.2) is 5.16 Å². The number of benzene rings is 2. The van der Waals surface area contributed by atoms with Gasteiger partial charge in [0, 0.05) is 6.54 Å². The van der Waals surface area contributed by atoms with Crippen molar-refractivity contribution in [2.45, 2.75) is 30.2 Å². The van der Waals surface area contributed by atoms with Crippen LogP contribution in [0.2, 0.25) is 0 Å². The second-order valence-corrected chi connectivity index (χ2v) is 7.21. The van der Waals surface area contributed by atoms with E-state index in [1.165, 1.54) is 17.3 Å². The maximum atomic E-state index is 12.3. The average molecular weight is 339 g/mol. The summed E-state index contributed by atoms with van der Waals surface area (Å²) in [4.78, 5) is 20.1. The SMILES string of the molecule is C[C@H](Sc1nc2ccccc2[nH]1)C(=O)NC[C@@H](C)c1ccccc1. The van der Waals surface area contributed by atoms with E-state index in [0.717, 1.165) is 16.2 Å². The Balaban J connectivity index is 1.54. The molecule has 124 valence electrons. The van der Waals surface area contributed by atoms with Crippen molar-refractivity contribution in [3.63, 3.8) is 0 Å². The Hall–Kier alpha value is -2.27. The molecule has 3 aromatic rings. The van der Waals surface area contributed by atoms with Crippen LogP contribution >= 0.6 is 11.8 Å². The van der Waals surface area contributed by atoms with Crippen LogP contribution in [0.4, 0.5) is 0 Å². The lowest BCUT2D eigenvalue weighted by Crippen LogP contribution is -2.33. The zero-order chi connectivity index (χ0) is 16.9. The van der Waals surface area contributed by atoms with Crippen molar-refractivity contribution < 1.29 is 4.79 Å². The maximum Gasteiger partial charge on any atom is 0.233 e. The van der Waals surface area contributed by atoms with E-state index in [2.05, 4.69) is 34.3 Å². The number of H-pyrrole nitrogens is 1. The fraction of sp³-hybridized carbons (Fsp3) is 0.263. The van der Waals surface area contributed by atoms with Crippen LogP contribution in [0.1, 0.15) is 25.3 Å². The smallest absolute Gasteiger partial charge is 0.233 e. The van der Waals surface area contributed by atoms with E-state index >= 15 is 0 Å². The lowest BCUT2D eigenvalue weighted by molar-refractivity contribution is -0.120. The molecule has 0 saturated heterocycles. The molecule has 0 radical (unpaired) electrons.